The van der Waals surface area contributed by atoms with Gasteiger partial charge in [0.05, 0.1) is 0 Å². The molecule has 0 aliphatic rings. The van der Waals surface area contributed by atoms with Gasteiger partial charge in [-0.05, 0) is 42.7 Å². The summed E-state index contributed by atoms with van der Waals surface area (Å²) in [6, 6.07) is 9.30. The van der Waals surface area contributed by atoms with E-state index in [1.165, 1.54) is 12.1 Å². The molecule has 0 aliphatic carbocycles. The molecular weight excluding hydrogens is 340 g/mol. The van der Waals surface area contributed by atoms with Crippen LogP contribution in [0.4, 0.5) is 8.78 Å². The molecule has 0 aromatic heterocycles. The van der Waals surface area contributed by atoms with E-state index in [1.54, 1.807) is 6.07 Å². The molecule has 2 aromatic carbocycles. The van der Waals surface area contributed by atoms with Crippen LogP contribution in [0.1, 0.15) is 18.9 Å². The molecule has 1 unspecified atom stereocenters. The fourth-order valence-corrected chi connectivity index (χ4v) is 2.24. The maximum absolute atomic E-state index is 13.7. The van der Waals surface area contributed by atoms with Gasteiger partial charge in [0.2, 0.25) is 5.82 Å². The van der Waals surface area contributed by atoms with Crippen molar-refractivity contribution in [2.24, 2.45) is 5.73 Å². The van der Waals surface area contributed by atoms with Crippen LogP contribution in [-0.4, -0.2) is 6.04 Å². The topological polar surface area (TPSA) is 35.2 Å². The third-order valence-electron chi connectivity index (χ3n) is 3.17. The maximum Gasteiger partial charge on any atom is 0.201 e. The Balaban J connectivity index is 2.34. The van der Waals surface area contributed by atoms with Gasteiger partial charge in [0.25, 0.3) is 0 Å². The predicted octanol–water partition coefficient (Wildman–Crippen LogP) is 4.80. The fourth-order valence-electron chi connectivity index (χ4n) is 1.90. The van der Waals surface area contributed by atoms with Crippen LogP contribution in [0, 0.1) is 11.6 Å². The van der Waals surface area contributed by atoms with Crippen molar-refractivity contribution >= 4 is 15.9 Å². The van der Waals surface area contributed by atoms with Gasteiger partial charge in [0.1, 0.15) is 5.75 Å². The Morgan fingerprint density at radius 3 is 2.67 bits per heavy atom. The van der Waals surface area contributed by atoms with Gasteiger partial charge < -0.3 is 10.5 Å². The summed E-state index contributed by atoms with van der Waals surface area (Å²) in [5.74, 6) is -1.60. The molecule has 0 bridgehead atoms. The van der Waals surface area contributed by atoms with Gasteiger partial charge in [0, 0.05) is 10.5 Å². The van der Waals surface area contributed by atoms with Crippen molar-refractivity contribution in [1.29, 1.82) is 0 Å². The summed E-state index contributed by atoms with van der Waals surface area (Å²) in [6.45, 7) is 2.00. The van der Waals surface area contributed by atoms with Gasteiger partial charge in [-0.3, -0.25) is 0 Å². The highest BCUT2D eigenvalue weighted by atomic mass is 79.9. The first-order chi connectivity index (χ1) is 10.0. The van der Waals surface area contributed by atoms with E-state index in [0.717, 1.165) is 22.5 Å². The van der Waals surface area contributed by atoms with Gasteiger partial charge in [-0.25, -0.2) is 4.39 Å². The molecule has 21 heavy (non-hydrogen) atoms. The molecule has 2 nitrogen and oxygen atoms in total. The van der Waals surface area contributed by atoms with Crippen molar-refractivity contribution in [2.75, 3.05) is 0 Å². The van der Waals surface area contributed by atoms with E-state index in [2.05, 4.69) is 15.9 Å². The van der Waals surface area contributed by atoms with Crippen molar-refractivity contribution in [3.05, 3.63) is 58.1 Å². The zero-order valence-electron chi connectivity index (χ0n) is 11.6. The lowest BCUT2D eigenvalue weighted by atomic mass is 10.0. The van der Waals surface area contributed by atoms with Crippen molar-refractivity contribution in [2.45, 2.75) is 25.8 Å². The van der Waals surface area contributed by atoms with E-state index in [1.807, 2.05) is 19.1 Å². The number of benzene rings is 2. The monoisotopic (exact) mass is 355 g/mol. The Kier molecular flexibility index (Phi) is 5.31. The summed E-state index contributed by atoms with van der Waals surface area (Å²) in [6.07, 6.45) is 1.43. The van der Waals surface area contributed by atoms with Crippen LogP contribution >= 0.6 is 15.9 Å². The van der Waals surface area contributed by atoms with Crippen LogP contribution in [0.5, 0.6) is 11.5 Å². The van der Waals surface area contributed by atoms with Gasteiger partial charge in [-0.1, -0.05) is 35.0 Å². The van der Waals surface area contributed by atoms with E-state index in [0.29, 0.717) is 12.2 Å². The summed E-state index contributed by atoms with van der Waals surface area (Å²) in [7, 11) is 0. The highest BCUT2D eigenvalue weighted by Gasteiger charge is 2.14. The SMILES string of the molecule is CCC(N)Cc1ccc(Br)cc1Oc1cccc(F)c1F. The average molecular weight is 356 g/mol. The Hall–Kier alpha value is -1.46. The van der Waals surface area contributed by atoms with E-state index in [9.17, 15) is 8.78 Å². The highest BCUT2D eigenvalue weighted by Crippen LogP contribution is 2.31. The first-order valence-electron chi connectivity index (χ1n) is 6.67. The van der Waals surface area contributed by atoms with Crippen LogP contribution < -0.4 is 10.5 Å². The van der Waals surface area contributed by atoms with E-state index >= 15 is 0 Å². The quantitative estimate of drug-likeness (QED) is 0.835. The lowest BCUT2D eigenvalue weighted by Crippen LogP contribution is -2.21. The smallest absolute Gasteiger partial charge is 0.201 e. The van der Waals surface area contributed by atoms with Crippen LogP contribution in [-0.2, 0) is 6.42 Å². The second kappa shape index (κ2) is 7.00. The van der Waals surface area contributed by atoms with Crippen molar-refractivity contribution in [3.63, 3.8) is 0 Å². The van der Waals surface area contributed by atoms with Crippen molar-refractivity contribution < 1.29 is 13.5 Å². The zero-order chi connectivity index (χ0) is 15.4. The van der Waals surface area contributed by atoms with Crippen molar-refractivity contribution in [1.82, 2.24) is 0 Å². The number of ether oxygens (including phenoxy) is 1. The van der Waals surface area contributed by atoms with E-state index < -0.39 is 11.6 Å². The number of nitrogens with two attached hydrogens (primary N) is 1. The standard InChI is InChI=1S/C16H16BrF2NO/c1-2-12(20)8-10-6-7-11(17)9-15(10)21-14-5-3-4-13(18)16(14)19/h3-7,9,12H,2,8,20H2,1H3. The molecule has 0 radical (unpaired) electrons. The third kappa shape index (κ3) is 4.02. The number of hydrogen-bond donors (Lipinski definition) is 1. The lowest BCUT2D eigenvalue weighted by molar-refractivity contribution is 0.411. The summed E-state index contributed by atoms with van der Waals surface area (Å²) in [4.78, 5) is 0. The third-order valence-corrected chi connectivity index (χ3v) is 3.67. The Morgan fingerprint density at radius 1 is 1.19 bits per heavy atom. The molecule has 0 aliphatic heterocycles. The van der Waals surface area contributed by atoms with Gasteiger partial charge in [-0.2, -0.15) is 4.39 Å². The molecular formula is C16H16BrF2NO. The second-order valence-corrected chi connectivity index (χ2v) is 5.69. The molecule has 2 N–H and O–H groups in total. The molecule has 0 saturated heterocycles. The van der Waals surface area contributed by atoms with Crippen LogP contribution in [0.3, 0.4) is 0 Å². The molecule has 2 rings (SSSR count). The normalized spacial score (nSPS) is 12.2. The molecule has 1 atom stereocenters. The van der Waals surface area contributed by atoms with E-state index in [-0.39, 0.29) is 11.8 Å². The lowest BCUT2D eigenvalue weighted by Gasteiger charge is -2.15. The number of halogens is 3. The minimum Gasteiger partial charge on any atom is -0.454 e. The molecule has 5 heteroatoms. The zero-order valence-corrected chi connectivity index (χ0v) is 13.2. The van der Waals surface area contributed by atoms with Gasteiger partial charge in [0.15, 0.2) is 11.6 Å². The molecule has 0 fully saturated rings. The first kappa shape index (κ1) is 15.9. The Bertz CT molecular complexity index is 634. The molecule has 0 spiro atoms. The molecule has 0 heterocycles. The van der Waals surface area contributed by atoms with Crippen LogP contribution in [0.2, 0.25) is 0 Å². The minimum atomic E-state index is -0.997. The first-order valence-corrected chi connectivity index (χ1v) is 7.46. The Morgan fingerprint density at radius 2 is 1.95 bits per heavy atom. The maximum atomic E-state index is 13.7. The average Bonchev–Trinajstić information content (AvgIpc) is 2.46. The number of hydrogen-bond acceptors (Lipinski definition) is 2. The van der Waals surface area contributed by atoms with Crippen LogP contribution in [0.15, 0.2) is 40.9 Å². The van der Waals surface area contributed by atoms with E-state index in [4.69, 9.17) is 10.5 Å². The predicted molar refractivity (Wildman–Crippen MR) is 82.5 cm³/mol. The number of rotatable bonds is 5. The summed E-state index contributed by atoms with van der Waals surface area (Å²) >= 11 is 3.35. The van der Waals surface area contributed by atoms with Crippen molar-refractivity contribution in [3.8, 4) is 11.5 Å². The van der Waals surface area contributed by atoms with Gasteiger partial charge >= 0.3 is 0 Å². The van der Waals surface area contributed by atoms with Gasteiger partial charge in [-0.15, -0.1) is 0 Å². The largest absolute Gasteiger partial charge is 0.454 e. The summed E-state index contributed by atoms with van der Waals surface area (Å²) in [5, 5.41) is 0. The highest BCUT2D eigenvalue weighted by molar-refractivity contribution is 9.10. The molecule has 2 aromatic rings. The second-order valence-electron chi connectivity index (χ2n) is 4.78. The summed E-state index contributed by atoms with van der Waals surface area (Å²) < 4.78 is 33.3. The molecule has 0 saturated carbocycles. The molecule has 0 amide bonds. The van der Waals surface area contributed by atoms with Crippen LogP contribution in [0.25, 0.3) is 0 Å². The summed E-state index contributed by atoms with van der Waals surface area (Å²) in [5.41, 5.74) is 6.82. The minimum absolute atomic E-state index is 0.00844. The Labute approximate surface area is 131 Å². The fraction of sp³-hybridized carbons (Fsp3) is 0.250. The molecule has 112 valence electrons.